The van der Waals surface area contributed by atoms with Gasteiger partial charge in [0, 0.05) is 18.4 Å². The molecule has 1 aromatic carbocycles. The van der Waals surface area contributed by atoms with Crippen LogP contribution in [0.1, 0.15) is 57.0 Å². The van der Waals surface area contributed by atoms with Gasteiger partial charge in [-0.05, 0) is 47.6 Å². The number of nitrogens with one attached hydrogen (secondary N) is 2. The van der Waals surface area contributed by atoms with E-state index < -0.39 is 0 Å². The molecule has 4 heteroatoms. The highest BCUT2D eigenvalue weighted by molar-refractivity contribution is 6.04. The quantitative estimate of drug-likeness (QED) is 0.771. The number of carbonyl (C=O) groups is 1. The SMILES string of the molecule is CC(C)CCNc1ccc(C(=O)Nc2ccc(C(C)(C)C)cc2)cn1. The van der Waals surface area contributed by atoms with Crippen molar-refractivity contribution in [2.75, 3.05) is 17.2 Å². The number of hydrogen-bond donors (Lipinski definition) is 2. The third-order valence-corrected chi connectivity index (χ3v) is 4.06. The van der Waals surface area contributed by atoms with Gasteiger partial charge in [0.1, 0.15) is 5.82 Å². The van der Waals surface area contributed by atoms with Gasteiger partial charge in [0.25, 0.3) is 5.91 Å². The molecule has 0 spiro atoms. The van der Waals surface area contributed by atoms with Crippen LogP contribution < -0.4 is 10.6 Å². The number of benzene rings is 1. The van der Waals surface area contributed by atoms with E-state index in [1.54, 1.807) is 12.3 Å². The average molecular weight is 339 g/mol. The van der Waals surface area contributed by atoms with E-state index in [2.05, 4.69) is 62.4 Å². The van der Waals surface area contributed by atoms with Crippen LogP contribution in [0.4, 0.5) is 11.5 Å². The molecule has 0 aliphatic carbocycles. The first kappa shape index (κ1) is 19.0. The first-order valence-corrected chi connectivity index (χ1v) is 8.87. The predicted octanol–water partition coefficient (Wildman–Crippen LogP) is 5.09. The van der Waals surface area contributed by atoms with E-state index in [0.29, 0.717) is 11.5 Å². The van der Waals surface area contributed by atoms with E-state index in [1.807, 2.05) is 18.2 Å². The van der Waals surface area contributed by atoms with Crippen LogP contribution in [-0.4, -0.2) is 17.4 Å². The molecule has 2 rings (SSSR count). The summed E-state index contributed by atoms with van der Waals surface area (Å²) in [6, 6.07) is 11.6. The van der Waals surface area contributed by atoms with Crippen molar-refractivity contribution < 1.29 is 4.79 Å². The van der Waals surface area contributed by atoms with E-state index in [4.69, 9.17) is 0 Å². The van der Waals surface area contributed by atoms with Gasteiger partial charge in [-0.15, -0.1) is 0 Å². The fourth-order valence-electron chi connectivity index (χ4n) is 2.38. The molecule has 1 amide bonds. The second-order valence-electron chi connectivity index (χ2n) is 7.82. The predicted molar refractivity (Wildman–Crippen MR) is 105 cm³/mol. The summed E-state index contributed by atoms with van der Waals surface area (Å²) in [4.78, 5) is 16.7. The lowest BCUT2D eigenvalue weighted by Gasteiger charge is -2.19. The van der Waals surface area contributed by atoms with E-state index >= 15 is 0 Å². The molecule has 0 saturated carbocycles. The maximum Gasteiger partial charge on any atom is 0.257 e. The summed E-state index contributed by atoms with van der Waals surface area (Å²) in [5.41, 5.74) is 2.68. The summed E-state index contributed by atoms with van der Waals surface area (Å²) in [5, 5.41) is 6.18. The topological polar surface area (TPSA) is 54.0 Å². The number of amides is 1. The number of aromatic nitrogens is 1. The van der Waals surface area contributed by atoms with Crippen LogP contribution in [0.25, 0.3) is 0 Å². The van der Waals surface area contributed by atoms with Crippen molar-refractivity contribution in [2.24, 2.45) is 5.92 Å². The van der Waals surface area contributed by atoms with E-state index in [0.717, 1.165) is 24.5 Å². The summed E-state index contributed by atoms with van der Waals surface area (Å²) < 4.78 is 0. The molecule has 0 aliphatic heterocycles. The number of pyridine rings is 1. The smallest absolute Gasteiger partial charge is 0.257 e. The summed E-state index contributed by atoms with van der Waals surface area (Å²) >= 11 is 0. The van der Waals surface area contributed by atoms with Crippen molar-refractivity contribution in [1.29, 1.82) is 0 Å². The van der Waals surface area contributed by atoms with E-state index in [9.17, 15) is 4.79 Å². The Kier molecular flexibility index (Phi) is 6.18. The molecule has 0 fully saturated rings. The van der Waals surface area contributed by atoms with Gasteiger partial charge >= 0.3 is 0 Å². The minimum Gasteiger partial charge on any atom is -0.370 e. The fraction of sp³-hybridized carbons (Fsp3) is 0.429. The number of rotatable bonds is 6. The molecule has 4 nitrogen and oxygen atoms in total. The Labute approximate surface area is 151 Å². The van der Waals surface area contributed by atoms with Crippen molar-refractivity contribution in [2.45, 2.75) is 46.5 Å². The number of carbonyl (C=O) groups excluding carboxylic acids is 1. The molecule has 1 aromatic heterocycles. The van der Waals surface area contributed by atoms with Crippen LogP contribution in [0.15, 0.2) is 42.6 Å². The first-order valence-electron chi connectivity index (χ1n) is 8.87. The van der Waals surface area contributed by atoms with Crippen molar-refractivity contribution in [1.82, 2.24) is 4.98 Å². The maximum atomic E-state index is 12.3. The molecule has 0 unspecified atom stereocenters. The molecule has 0 bridgehead atoms. The summed E-state index contributed by atoms with van der Waals surface area (Å²) in [6.07, 6.45) is 2.70. The van der Waals surface area contributed by atoms with Crippen LogP contribution in [-0.2, 0) is 5.41 Å². The van der Waals surface area contributed by atoms with Gasteiger partial charge in [0.2, 0.25) is 0 Å². The van der Waals surface area contributed by atoms with Crippen molar-refractivity contribution >= 4 is 17.4 Å². The number of nitrogens with zero attached hydrogens (tertiary/aromatic N) is 1. The molecule has 134 valence electrons. The third kappa shape index (κ3) is 5.89. The van der Waals surface area contributed by atoms with Crippen LogP contribution in [0.3, 0.4) is 0 Å². The van der Waals surface area contributed by atoms with Gasteiger partial charge in [0.05, 0.1) is 5.56 Å². The van der Waals surface area contributed by atoms with Crippen molar-refractivity contribution in [3.05, 3.63) is 53.7 Å². The van der Waals surface area contributed by atoms with Crippen molar-refractivity contribution in [3.63, 3.8) is 0 Å². The average Bonchev–Trinajstić information content (AvgIpc) is 2.55. The minimum absolute atomic E-state index is 0.102. The van der Waals surface area contributed by atoms with Crippen LogP contribution in [0.2, 0.25) is 0 Å². The molecule has 1 heterocycles. The lowest BCUT2D eigenvalue weighted by atomic mass is 9.87. The highest BCUT2D eigenvalue weighted by Gasteiger charge is 2.13. The zero-order valence-electron chi connectivity index (χ0n) is 15.9. The molecular formula is C21H29N3O. The summed E-state index contributed by atoms with van der Waals surface area (Å²) in [6.45, 7) is 11.8. The Hall–Kier alpha value is -2.36. The summed E-state index contributed by atoms with van der Waals surface area (Å²) in [5.74, 6) is 1.30. The Bertz CT molecular complexity index is 683. The number of anilines is 2. The Morgan fingerprint density at radius 3 is 2.28 bits per heavy atom. The molecular weight excluding hydrogens is 310 g/mol. The largest absolute Gasteiger partial charge is 0.370 e. The van der Waals surface area contributed by atoms with Gasteiger partial charge < -0.3 is 10.6 Å². The highest BCUT2D eigenvalue weighted by Crippen LogP contribution is 2.23. The van der Waals surface area contributed by atoms with Gasteiger partial charge in [-0.3, -0.25) is 4.79 Å². The zero-order chi connectivity index (χ0) is 18.4. The Morgan fingerprint density at radius 1 is 1.08 bits per heavy atom. The lowest BCUT2D eigenvalue weighted by Crippen LogP contribution is -2.14. The standard InChI is InChI=1S/C21H29N3O/c1-15(2)12-13-22-19-11-6-16(14-23-19)20(25)24-18-9-7-17(8-10-18)21(3,4)5/h6-11,14-15H,12-13H2,1-5H3,(H,22,23)(H,24,25). The molecule has 0 saturated heterocycles. The molecule has 0 aliphatic rings. The first-order chi connectivity index (χ1) is 11.8. The van der Waals surface area contributed by atoms with Gasteiger partial charge in [-0.1, -0.05) is 46.8 Å². The molecule has 2 N–H and O–H groups in total. The van der Waals surface area contributed by atoms with Crippen LogP contribution >= 0.6 is 0 Å². The second-order valence-corrected chi connectivity index (χ2v) is 7.82. The summed E-state index contributed by atoms with van der Waals surface area (Å²) in [7, 11) is 0. The Morgan fingerprint density at radius 2 is 1.76 bits per heavy atom. The third-order valence-electron chi connectivity index (χ3n) is 4.06. The van der Waals surface area contributed by atoms with Gasteiger partial charge in [0.15, 0.2) is 0 Å². The molecule has 25 heavy (non-hydrogen) atoms. The molecule has 2 aromatic rings. The molecule has 0 atom stereocenters. The highest BCUT2D eigenvalue weighted by atomic mass is 16.1. The normalized spacial score (nSPS) is 11.4. The second kappa shape index (κ2) is 8.15. The van der Waals surface area contributed by atoms with Crippen molar-refractivity contribution in [3.8, 4) is 0 Å². The minimum atomic E-state index is -0.148. The van der Waals surface area contributed by atoms with Gasteiger partial charge in [-0.2, -0.15) is 0 Å². The van der Waals surface area contributed by atoms with Crippen LogP contribution in [0, 0.1) is 5.92 Å². The van der Waals surface area contributed by atoms with Crippen LogP contribution in [0.5, 0.6) is 0 Å². The zero-order valence-corrected chi connectivity index (χ0v) is 15.9. The monoisotopic (exact) mass is 339 g/mol. The van der Waals surface area contributed by atoms with Gasteiger partial charge in [-0.25, -0.2) is 4.98 Å². The van der Waals surface area contributed by atoms with E-state index in [1.165, 1.54) is 5.56 Å². The molecule has 0 radical (unpaired) electrons. The number of hydrogen-bond acceptors (Lipinski definition) is 3. The maximum absolute atomic E-state index is 12.3. The fourth-order valence-corrected chi connectivity index (χ4v) is 2.38. The lowest BCUT2D eigenvalue weighted by molar-refractivity contribution is 0.102. The van der Waals surface area contributed by atoms with E-state index in [-0.39, 0.29) is 11.3 Å². The Balaban J connectivity index is 1.94.